The highest BCUT2D eigenvalue weighted by Crippen LogP contribution is 2.38. The zero-order valence-corrected chi connectivity index (χ0v) is 13.7. The first kappa shape index (κ1) is 14.4. The SMILES string of the molecule is N#CCC(C1CCCC1)n1cc2c(=O)c3cnc4nc[nH]c(c2c1)c43. The van der Waals surface area contributed by atoms with Crippen molar-refractivity contribution >= 4 is 32.7 Å². The summed E-state index contributed by atoms with van der Waals surface area (Å²) in [5.41, 5.74) is 1.49. The van der Waals surface area contributed by atoms with Gasteiger partial charge in [0.2, 0.25) is 0 Å². The van der Waals surface area contributed by atoms with Crippen molar-refractivity contribution in [2.24, 2.45) is 5.92 Å². The van der Waals surface area contributed by atoms with E-state index in [9.17, 15) is 10.1 Å². The van der Waals surface area contributed by atoms with E-state index < -0.39 is 0 Å². The number of hydrogen-bond donors (Lipinski definition) is 1. The van der Waals surface area contributed by atoms with Gasteiger partial charge in [0.15, 0.2) is 11.1 Å². The van der Waals surface area contributed by atoms with E-state index in [1.807, 2.05) is 12.4 Å². The molecular weight excluding hydrogens is 314 g/mol. The molecule has 3 aromatic heterocycles. The van der Waals surface area contributed by atoms with E-state index in [0.29, 0.717) is 28.8 Å². The Morgan fingerprint density at radius 2 is 2.04 bits per heavy atom. The quantitative estimate of drug-likeness (QED) is 0.622. The average molecular weight is 331 g/mol. The van der Waals surface area contributed by atoms with Crippen molar-refractivity contribution in [2.45, 2.75) is 38.1 Å². The minimum absolute atomic E-state index is 0.00715. The Morgan fingerprint density at radius 3 is 2.84 bits per heavy atom. The number of nitrogens with zero attached hydrogens (tertiary/aromatic N) is 4. The van der Waals surface area contributed by atoms with Gasteiger partial charge < -0.3 is 9.55 Å². The molecule has 4 aromatic rings. The topological polar surface area (TPSA) is 87.4 Å². The summed E-state index contributed by atoms with van der Waals surface area (Å²) in [6, 6.07) is 2.47. The summed E-state index contributed by atoms with van der Waals surface area (Å²) in [6.45, 7) is 0. The lowest BCUT2D eigenvalue weighted by molar-refractivity contribution is 0.341. The van der Waals surface area contributed by atoms with Crippen LogP contribution in [-0.2, 0) is 0 Å². The van der Waals surface area contributed by atoms with E-state index in [1.54, 1.807) is 12.5 Å². The van der Waals surface area contributed by atoms with Crippen molar-refractivity contribution in [2.75, 3.05) is 0 Å². The van der Waals surface area contributed by atoms with Crippen molar-refractivity contribution in [3.8, 4) is 6.07 Å². The van der Waals surface area contributed by atoms with Crippen LogP contribution in [0.15, 0.2) is 29.7 Å². The number of aromatic amines is 1. The average Bonchev–Trinajstić information content (AvgIpc) is 3.37. The third kappa shape index (κ3) is 1.99. The van der Waals surface area contributed by atoms with Gasteiger partial charge in [0.1, 0.15) is 0 Å². The summed E-state index contributed by atoms with van der Waals surface area (Å²) in [4.78, 5) is 24.6. The Labute approximate surface area is 143 Å². The van der Waals surface area contributed by atoms with Crippen molar-refractivity contribution in [1.29, 1.82) is 5.26 Å². The second-order valence-corrected chi connectivity index (χ2v) is 6.98. The lowest BCUT2D eigenvalue weighted by atomic mass is 9.96. The maximum absolute atomic E-state index is 12.9. The summed E-state index contributed by atoms with van der Waals surface area (Å²) < 4.78 is 2.10. The lowest BCUT2D eigenvalue weighted by Crippen LogP contribution is -2.15. The monoisotopic (exact) mass is 331 g/mol. The van der Waals surface area contributed by atoms with Gasteiger partial charge in [-0.1, -0.05) is 12.8 Å². The van der Waals surface area contributed by atoms with E-state index in [-0.39, 0.29) is 11.5 Å². The molecular formula is C19H17N5O. The standard InChI is InChI=1S/C19H17N5O/c20-6-5-15(11-3-1-2-4-11)24-8-13-14(9-24)18(25)12-7-21-19-16(12)17(13)22-10-23-19/h7-11,15H,1-5H2,(H,21,22,23). The molecule has 0 spiro atoms. The number of fused-ring (bicyclic) bond motifs is 2. The molecule has 1 saturated carbocycles. The van der Waals surface area contributed by atoms with Crippen LogP contribution in [0.5, 0.6) is 0 Å². The molecule has 1 aliphatic carbocycles. The van der Waals surface area contributed by atoms with Crippen LogP contribution in [-0.4, -0.2) is 19.5 Å². The summed E-state index contributed by atoms with van der Waals surface area (Å²) in [7, 11) is 0. The maximum atomic E-state index is 12.9. The molecule has 0 aliphatic heterocycles. The molecule has 0 saturated heterocycles. The van der Waals surface area contributed by atoms with Crippen LogP contribution in [0.3, 0.4) is 0 Å². The highest BCUT2D eigenvalue weighted by Gasteiger charge is 2.27. The lowest BCUT2D eigenvalue weighted by Gasteiger charge is -2.22. The Balaban J connectivity index is 1.78. The molecule has 1 unspecified atom stereocenters. The van der Waals surface area contributed by atoms with Gasteiger partial charge >= 0.3 is 0 Å². The van der Waals surface area contributed by atoms with Crippen molar-refractivity contribution < 1.29 is 0 Å². The number of aromatic nitrogens is 4. The van der Waals surface area contributed by atoms with Crippen LogP contribution >= 0.6 is 0 Å². The number of nitrogens with one attached hydrogen (secondary N) is 1. The minimum Gasteiger partial charge on any atom is -0.348 e. The molecule has 1 fully saturated rings. The smallest absolute Gasteiger partial charge is 0.197 e. The molecule has 1 aromatic carbocycles. The van der Waals surface area contributed by atoms with Crippen LogP contribution in [0.4, 0.5) is 0 Å². The van der Waals surface area contributed by atoms with Crippen LogP contribution in [0, 0.1) is 17.2 Å². The van der Waals surface area contributed by atoms with E-state index in [2.05, 4.69) is 25.6 Å². The Hall–Kier alpha value is -2.94. The van der Waals surface area contributed by atoms with E-state index in [1.165, 1.54) is 12.8 Å². The zero-order chi connectivity index (χ0) is 17.0. The molecule has 124 valence electrons. The molecule has 0 radical (unpaired) electrons. The molecule has 0 bridgehead atoms. The number of rotatable bonds is 3. The maximum Gasteiger partial charge on any atom is 0.197 e. The van der Waals surface area contributed by atoms with E-state index >= 15 is 0 Å². The Bertz CT molecular complexity index is 1180. The Kier molecular flexibility index (Phi) is 3.04. The van der Waals surface area contributed by atoms with Crippen molar-refractivity contribution in [3.05, 3.63) is 35.1 Å². The number of benzene rings is 1. The summed E-state index contributed by atoms with van der Waals surface area (Å²) in [5, 5.41) is 12.3. The third-order valence-electron chi connectivity index (χ3n) is 5.69. The van der Waals surface area contributed by atoms with E-state index in [4.69, 9.17) is 0 Å². The van der Waals surface area contributed by atoms with Gasteiger partial charge in [-0.15, -0.1) is 0 Å². The Morgan fingerprint density at radius 1 is 1.24 bits per heavy atom. The highest BCUT2D eigenvalue weighted by atomic mass is 16.1. The molecule has 25 heavy (non-hydrogen) atoms. The summed E-state index contributed by atoms with van der Waals surface area (Å²) in [6.07, 6.45) is 12.4. The predicted octanol–water partition coefficient (Wildman–Crippen LogP) is 3.51. The predicted molar refractivity (Wildman–Crippen MR) is 95.6 cm³/mol. The van der Waals surface area contributed by atoms with Gasteiger partial charge in [-0.25, -0.2) is 9.97 Å². The highest BCUT2D eigenvalue weighted by molar-refractivity contribution is 6.18. The van der Waals surface area contributed by atoms with Gasteiger partial charge in [0.05, 0.1) is 35.1 Å². The fraction of sp³-hybridized carbons (Fsp3) is 0.368. The fourth-order valence-corrected chi connectivity index (χ4v) is 4.48. The zero-order valence-electron chi connectivity index (χ0n) is 13.7. The fourth-order valence-electron chi connectivity index (χ4n) is 4.48. The summed E-state index contributed by atoms with van der Waals surface area (Å²) in [5.74, 6) is 0.512. The third-order valence-corrected chi connectivity index (χ3v) is 5.69. The molecule has 5 rings (SSSR count). The first-order chi connectivity index (χ1) is 12.3. The van der Waals surface area contributed by atoms with Crippen LogP contribution in [0.1, 0.15) is 38.1 Å². The molecule has 6 nitrogen and oxygen atoms in total. The second-order valence-electron chi connectivity index (χ2n) is 6.98. The van der Waals surface area contributed by atoms with Crippen LogP contribution < -0.4 is 5.43 Å². The van der Waals surface area contributed by atoms with E-state index in [0.717, 1.165) is 29.1 Å². The normalized spacial score (nSPS) is 16.9. The minimum atomic E-state index is -0.00715. The molecule has 1 N–H and O–H groups in total. The molecule has 6 heteroatoms. The summed E-state index contributed by atoms with van der Waals surface area (Å²) >= 11 is 0. The molecule has 3 heterocycles. The van der Waals surface area contributed by atoms with Gasteiger partial charge in [-0.05, 0) is 18.8 Å². The molecule has 1 aliphatic rings. The van der Waals surface area contributed by atoms with Crippen molar-refractivity contribution in [1.82, 2.24) is 19.5 Å². The number of hydrogen-bond acceptors (Lipinski definition) is 4. The largest absolute Gasteiger partial charge is 0.348 e. The number of nitriles is 1. The van der Waals surface area contributed by atoms with Gasteiger partial charge in [0, 0.05) is 35.4 Å². The molecule has 0 amide bonds. The van der Waals surface area contributed by atoms with Gasteiger partial charge in [0.25, 0.3) is 0 Å². The first-order valence-corrected chi connectivity index (χ1v) is 8.73. The number of H-pyrrole nitrogens is 1. The first-order valence-electron chi connectivity index (χ1n) is 8.73. The van der Waals surface area contributed by atoms with Crippen LogP contribution in [0.25, 0.3) is 32.7 Å². The van der Waals surface area contributed by atoms with Gasteiger partial charge in [-0.2, -0.15) is 5.26 Å². The molecule has 1 atom stereocenters. The van der Waals surface area contributed by atoms with Crippen molar-refractivity contribution in [3.63, 3.8) is 0 Å². The second kappa shape index (κ2) is 5.28. The van der Waals surface area contributed by atoms with Gasteiger partial charge in [-0.3, -0.25) is 4.79 Å². The van der Waals surface area contributed by atoms with Crippen LogP contribution in [0.2, 0.25) is 0 Å².